The van der Waals surface area contributed by atoms with Gasteiger partial charge in [0.25, 0.3) is 0 Å². The fourth-order valence-corrected chi connectivity index (χ4v) is 1.88. The molecule has 0 aliphatic heterocycles. The van der Waals surface area contributed by atoms with Gasteiger partial charge in [-0.15, -0.1) is 0 Å². The Morgan fingerprint density at radius 1 is 1.50 bits per heavy atom. The Kier molecular flexibility index (Phi) is 3.72. The van der Waals surface area contributed by atoms with Gasteiger partial charge < -0.3 is 9.84 Å². The summed E-state index contributed by atoms with van der Waals surface area (Å²) in [5, 5.41) is 9.97. The average molecular weight is 241 g/mol. The standard InChI is InChI=1S/C13H17ClO2/c1-9(15)11-4-5-13(12(14)8-11)16-7-6-10-2-3-10/h4-5,8-10,15H,2-3,6-7H2,1H3. The maximum atomic E-state index is 9.40. The summed E-state index contributed by atoms with van der Waals surface area (Å²) in [6.07, 6.45) is 3.32. The molecule has 1 saturated carbocycles. The monoisotopic (exact) mass is 240 g/mol. The summed E-state index contributed by atoms with van der Waals surface area (Å²) in [6, 6.07) is 5.44. The molecule has 1 aliphatic carbocycles. The molecule has 0 radical (unpaired) electrons. The number of aliphatic hydroxyl groups excluding tert-OH is 1. The third-order valence-electron chi connectivity index (χ3n) is 2.92. The maximum Gasteiger partial charge on any atom is 0.137 e. The first-order valence-electron chi connectivity index (χ1n) is 5.77. The predicted octanol–water partition coefficient (Wildman–Crippen LogP) is 3.57. The first-order chi connectivity index (χ1) is 7.66. The van der Waals surface area contributed by atoms with Crippen molar-refractivity contribution < 1.29 is 9.84 Å². The predicted molar refractivity (Wildman–Crippen MR) is 64.9 cm³/mol. The number of rotatable bonds is 5. The Bertz CT molecular complexity index is 359. The van der Waals surface area contributed by atoms with Crippen molar-refractivity contribution in [1.29, 1.82) is 0 Å². The highest BCUT2D eigenvalue weighted by molar-refractivity contribution is 6.32. The van der Waals surface area contributed by atoms with Gasteiger partial charge in [0, 0.05) is 0 Å². The van der Waals surface area contributed by atoms with Crippen molar-refractivity contribution in [3.8, 4) is 5.75 Å². The fraction of sp³-hybridized carbons (Fsp3) is 0.538. The maximum absolute atomic E-state index is 9.40. The van der Waals surface area contributed by atoms with E-state index in [-0.39, 0.29) is 0 Å². The zero-order valence-corrected chi connectivity index (χ0v) is 10.2. The van der Waals surface area contributed by atoms with Crippen molar-refractivity contribution in [2.75, 3.05) is 6.61 Å². The van der Waals surface area contributed by atoms with Crippen LogP contribution in [0.25, 0.3) is 0 Å². The molecule has 0 bridgehead atoms. The molecule has 2 rings (SSSR count). The van der Waals surface area contributed by atoms with Gasteiger partial charge in [0.2, 0.25) is 0 Å². The van der Waals surface area contributed by atoms with Gasteiger partial charge in [-0.1, -0.05) is 30.5 Å². The number of aliphatic hydroxyl groups is 1. The van der Waals surface area contributed by atoms with Gasteiger partial charge in [-0.05, 0) is 37.0 Å². The van der Waals surface area contributed by atoms with E-state index in [1.807, 2.05) is 12.1 Å². The van der Waals surface area contributed by atoms with Crippen molar-refractivity contribution >= 4 is 11.6 Å². The largest absolute Gasteiger partial charge is 0.492 e. The quantitative estimate of drug-likeness (QED) is 0.853. The summed E-state index contributed by atoms with van der Waals surface area (Å²) in [7, 11) is 0. The summed E-state index contributed by atoms with van der Waals surface area (Å²) in [5.41, 5.74) is 0.819. The molecule has 16 heavy (non-hydrogen) atoms. The van der Waals surface area contributed by atoms with Gasteiger partial charge in [-0.25, -0.2) is 0 Å². The first-order valence-corrected chi connectivity index (χ1v) is 6.15. The Morgan fingerprint density at radius 2 is 2.25 bits per heavy atom. The summed E-state index contributed by atoms with van der Waals surface area (Å²) in [6.45, 7) is 2.46. The molecule has 1 unspecified atom stereocenters. The molecular weight excluding hydrogens is 224 g/mol. The van der Waals surface area contributed by atoms with Gasteiger partial charge in [-0.3, -0.25) is 0 Å². The Hall–Kier alpha value is -0.730. The summed E-state index contributed by atoms with van der Waals surface area (Å²) in [5.74, 6) is 1.59. The van der Waals surface area contributed by atoms with Crippen LogP contribution in [0.3, 0.4) is 0 Å². The SMILES string of the molecule is CC(O)c1ccc(OCCC2CC2)c(Cl)c1. The molecule has 0 saturated heterocycles. The smallest absolute Gasteiger partial charge is 0.137 e. The van der Waals surface area contributed by atoms with Crippen LogP contribution >= 0.6 is 11.6 Å². The number of ether oxygens (including phenoxy) is 1. The molecule has 0 heterocycles. The number of hydrogen-bond acceptors (Lipinski definition) is 2. The highest BCUT2D eigenvalue weighted by Gasteiger charge is 2.20. The van der Waals surface area contributed by atoms with Crippen LogP contribution in [0.2, 0.25) is 5.02 Å². The summed E-state index contributed by atoms with van der Waals surface area (Å²) >= 11 is 6.07. The van der Waals surface area contributed by atoms with E-state index < -0.39 is 6.10 Å². The lowest BCUT2D eigenvalue weighted by molar-refractivity contribution is 0.199. The van der Waals surface area contributed by atoms with E-state index in [0.29, 0.717) is 10.8 Å². The van der Waals surface area contributed by atoms with E-state index >= 15 is 0 Å². The van der Waals surface area contributed by atoms with E-state index in [4.69, 9.17) is 16.3 Å². The zero-order chi connectivity index (χ0) is 11.5. The lowest BCUT2D eigenvalue weighted by atomic mass is 10.1. The van der Waals surface area contributed by atoms with Crippen LogP contribution in [-0.4, -0.2) is 11.7 Å². The lowest BCUT2D eigenvalue weighted by Gasteiger charge is -2.10. The molecule has 1 aromatic carbocycles. The van der Waals surface area contributed by atoms with Crippen LogP contribution in [0.5, 0.6) is 5.75 Å². The van der Waals surface area contributed by atoms with Gasteiger partial charge >= 0.3 is 0 Å². The van der Waals surface area contributed by atoms with Gasteiger partial charge in [-0.2, -0.15) is 0 Å². The lowest BCUT2D eigenvalue weighted by Crippen LogP contribution is -1.99. The zero-order valence-electron chi connectivity index (χ0n) is 9.45. The van der Waals surface area contributed by atoms with Crippen LogP contribution in [0, 0.1) is 5.92 Å². The van der Waals surface area contributed by atoms with E-state index in [0.717, 1.165) is 24.5 Å². The van der Waals surface area contributed by atoms with E-state index in [1.54, 1.807) is 13.0 Å². The second-order valence-electron chi connectivity index (χ2n) is 4.45. The third kappa shape index (κ3) is 3.13. The molecule has 88 valence electrons. The molecule has 0 spiro atoms. The van der Waals surface area contributed by atoms with Crippen molar-refractivity contribution in [3.63, 3.8) is 0 Å². The molecule has 1 N–H and O–H groups in total. The summed E-state index contributed by atoms with van der Waals surface area (Å²) < 4.78 is 5.61. The molecule has 1 aromatic rings. The minimum atomic E-state index is -0.488. The number of benzene rings is 1. The second-order valence-corrected chi connectivity index (χ2v) is 4.85. The van der Waals surface area contributed by atoms with Crippen LogP contribution in [0.1, 0.15) is 37.9 Å². The van der Waals surface area contributed by atoms with E-state index in [9.17, 15) is 5.11 Å². The highest BCUT2D eigenvalue weighted by Crippen LogP contribution is 2.33. The summed E-state index contributed by atoms with van der Waals surface area (Å²) in [4.78, 5) is 0. The van der Waals surface area contributed by atoms with Crippen molar-refractivity contribution in [1.82, 2.24) is 0 Å². The van der Waals surface area contributed by atoms with Crippen molar-refractivity contribution in [2.24, 2.45) is 5.92 Å². The Labute approximate surface area is 101 Å². The highest BCUT2D eigenvalue weighted by atomic mass is 35.5. The minimum Gasteiger partial charge on any atom is -0.492 e. The molecule has 3 heteroatoms. The molecule has 0 aromatic heterocycles. The van der Waals surface area contributed by atoms with E-state index in [1.165, 1.54) is 12.8 Å². The Balaban J connectivity index is 1.92. The van der Waals surface area contributed by atoms with Gasteiger partial charge in [0.05, 0.1) is 17.7 Å². The van der Waals surface area contributed by atoms with Gasteiger partial charge in [0.1, 0.15) is 5.75 Å². The normalized spacial score (nSPS) is 17.2. The number of halogens is 1. The van der Waals surface area contributed by atoms with E-state index in [2.05, 4.69) is 0 Å². The van der Waals surface area contributed by atoms with Crippen molar-refractivity contribution in [2.45, 2.75) is 32.3 Å². The van der Waals surface area contributed by atoms with Gasteiger partial charge in [0.15, 0.2) is 0 Å². The topological polar surface area (TPSA) is 29.5 Å². The average Bonchev–Trinajstić information content (AvgIpc) is 3.04. The fourth-order valence-electron chi connectivity index (χ4n) is 1.64. The van der Waals surface area contributed by atoms with Crippen LogP contribution in [0.4, 0.5) is 0 Å². The molecule has 0 amide bonds. The molecular formula is C13H17ClO2. The van der Waals surface area contributed by atoms with Crippen LogP contribution < -0.4 is 4.74 Å². The minimum absolute atomic E-state index is 0.488. The van der Waals surface area contributed by atoms with Crippen molar-refractivity contribution in [3.05, 3.63) is 28.8 Å². The molecule has 1 atom stereocenters. The first kappa shape index (κ1) is 11.7. The molecule has 1 aliphatic rings. The molecule has 2 nitrogen and oxygen atoms in total. The van der Waals surface area contributed by atoms with Crippen LogP contribution in [0.15, 0.2) is 18.2 Å². The second kappa shape index (κ2) is 5.07. The number of hydrogen-bond donors (Lipinski definition) is 1. The Morgan fingerprint density at radius 3 is 2.81 bits per heavy atom. The van der Waals surface area contributed by atoms with Crippen LogP contribution in [-0.2, 0) is 0 Å². The third-order valence-corrected chi connectivity index (χ3v) is 3.21. The molecule has 1 fully saturated rings.